The molecule has 1 fully saturated rings. The van der Waals surface area contributed by atoms with Gasteiger partial charge in [0.2, 0.25) is 0 Å². The van der Waals surface area contributed by atoms with Crippen molar-refractivity contribution in [1.82, 2.24) is 4.90 Å². The molecule has 1 aliphatic rings. The van der Waals surface area contributed by atoms with Crippen LogP contribution in [0, 0.1) is 0 Å². The summed E-state index contributed by atoms with van der Waals surface area (Å²) in [6.45, 7) is 6.38. The molecule has 4 atom stereocenters. The number of rotatable bonds is 1. The Bertz CT molecular complexity index is 338. The van der Waals surface area contributed by atoms with Crippen molar-refractivity contribution >= 4 is 6.09 Å². The summed E-state index contributed by atoms with van der Waals surface area (Å²) in [5, 5.41) is 29.6. The van der Waals surface area contributed by atoms with E-state index >= 15 is 0 Å². The molecule has 0 saturated carbocycles. The van der Waals surface area contributed by atoms with Gasteiger partial charge in [0, 0.05) is 7.05 Å². The molecule has 0 radical (unpaired) electrons. The van der Waals surface area contributed by atoms with Gasteiger partial charge in [-0.15, -0.1) is 0 Å². The van der Waals surface area contributed by atoms with Crippen molar-refractivity contribution in [2.75, 3.05) is 13.7 Å². The maximum Gasteiger partial charge on any atom is 0.410 e. The zero-order chi connectivity index (χ0) is 15.0. The Morgan fingerprint density at radius 1 is 1.42 bits per heavy atom. The van der Waals surface area contributed by atoms with Gasteiger partial charge in [0.15, 0.2) is 6.29 Å². The van der Waals surface area contributed by atoms with Crippen molar-refractivity contribution in [3.63, 3.8) is 0 Å². The van der Waals surface area contributed by atoms with Gasteiger partial charge in [0.05, 0.1) is 12.6 Å². The molecule has 7 nitrogen and oxygen atoms in total. The summed E-state index contributed by atoms with van der Waals surface area (Å²) in [5.74, 6) is 0. The molecule has 0 unspecified atom stereocenters. The standard InChI is InChI=1S/C12H23NO6/c1-11(2,3)19-10(16)13(5)8-7(14)9(15)18-6-12(8,4)17/h7-9,14-15,17H,6H2,1-5H3/t7-,8-,9+,12+/m1/s1. The van der Waals surface area contributed by atoms with Gasteiger partial charge < -0.3 is 29.7 Å². The van der Waals surface area contributed by atoms with Crippen LogP contribution < -0.4 is 0 Å². The van der Waals surface area contributed by atoms with Crippen molar-refractivity contribution < 1.29 is 29.6 Å². The summed E-state index contributed by atoms with van der Waals surface area (Å²) in [6.07, 6.45) is -3.55. The number of ether oxygens (including phenoxy) is 2. The highest BCUT2D eigenvalue weighted by Crippen LogP contribution is 2.27. The quantitative estimate of drug-likeness (QED) is 0.607. The fourth-order valence-electron chi connectivity index (χ4n) is 2.06. The fourth-order valence-corrected chi connectivity index (χ4v) is 2.06. The van der Waals surface area contributed by atoms with Crippen LogP contribution in [-0.4, -0.2) is 69.6 Å². The Morgan fingerprint density at radius 3 is 2.42 bits per heavy atom. The SMILES string of the molecule is CN(C(=O)OC(C)(C)C)[C@@H]1[C@@H](O)[C@@H](O)OC[C@]1(C)O. The van der Waals surface area contributed by atoms with Crippen molar-refractivity contribution in [2.45, 2.75) is 57.3 Å². The Morgan fingerprint density at radius 2 is 1.95 bits per heavy atom. The molecule has 1 aliphatic heterocycles. The van der Waals surface area contributed by atoms with Crippen molar-refractivity contribution in [1.29, 1.82) is 0 Å². The summed E-state index contributed by atoms with van der Waals surface area (Å²) >= 11 is 0. The number of aliphatic hydroxyl groups is 3. The lowest BCUT2D eigenvalue weighted by atomic mass is 9.89. The smallest absolute Gasteiger partial charge is 0.410 e. The number of aliphatic hydroxyl groups excluding tert-OH is 2. The van der Waals surface area contributed by atoms with Gasteiger partial charge in [-0.05, 0) is 27.7 Å². The largest absolute Gasteiger partial charge is 0.444 e. The summed E-state index contributed by atoms with van der Waals surface area (Å²) in [7, 11) is 1.40. The lowest BCUT2D eigenvalue weighted by molar-refractivity contribution is -0.262. The summed E-state index contributed by atoms with van der Waals surface area (Å²) in [6, 6.07) is -1.02. The van der Waals surface area contributed by atoms with Crippen LogP contribution in [0.4, 0.5) is 4.79 Å². The first-order valence-electron chi connectivity index (χ1n) is 6.11. The molecule has 1 rings (SSSR count). The van der Waals surface area contributed by atoms with Gasteiger partial charge in [-0.2, -0.15) is 0 Å². The van der Waals surface area contributed by atoms with Crippen LogP contribution >= 0.6 is 0 Å². The predicted octanol–water partition coefficient (Wildman–Crippen LogP) is -0.318. The van der Waals surface area contributed by atoms with E-state index in [1.807, 2.05) is 0 Å². The van der Waals surface area contributed by atoms with Gasteiger partial charge in [-0.1, -0.05) is 0 Å². The van der Waals surface area contributed by atoms with E-state index in [1.165, 1.54) is 14.0 Å². The van der Waals surface area contributed by atoms with Gasteiger partial charge in [0.25, 0.3) is 0 Å². The minimum absolute atomic E-state index is 0.191. The van der Waals surface area contributed by atoms with Crippen LogP contribution in [0.3, 0.4) is 0 Å². The Hall–Kier alpha value is -0.890. The first-order valence-corrected chi connectivity index (χ1v) is 6.11. The van der Waals surface area contributed by atoms with Gasteiger partial charge in [0.1, 0.15) is 17.3 Å². The lowest BCUT2D eigenvalue weighted by Crippen LogP contribution is -2.66. The molecule has 112 valence electrons. The molecule has 19 heavy (non-hydrogen) atoms. The molecule has 1 saturated heterocycles. The second-order valence-corrected chi connectivity index (χ2v) is 6.09. The first-order chi connectivity index (χ1) is 8.46. The molecule has 0 aromatic carbocycles. The molecule has 0 aromatic heterocycles. The van der Waals surface area contributed by atoms with E-state index in [0.29, 0.717) is 0 Å². The summed E-state index contributed by atoms with van der Waals surface area (Å²) in [4.78, 5) is 13.0. The van der Waals surface area contributed by atoms with E-state index in [9.17, 15) is 20.1 Å². The fraction of sp³-hybridized carbons (Fsp3) is 0.917. The van der Waals surface area contributed by atoms with E-state index in [2.05, 4.69) is 0 Å². The van der Waals surface area contributed by atoms with Crippen molar-refractivity contribution in [2.24, 2.45) is 0 Å². The van der Waals surface area contributed by atoms with Crippen LogP contribution in [0.15, 0.2) is 0 Å². The van der Waals surface area contributed by atoms with Crippen LogP contribution in [0.25, 0.3) is 0 Å². The van der Waals surface area contributed by atoms with E-state index in [1.54, 1.807) is 20.8 Å². The average molecular weight is 277 g/mol. The molecule has 1 heterocycles. The third kappa shape index (κ3) is 3.79. The molecular formula is C12H23NO6. The van der Waals surface area contributed by atoms with E-state index < -0.39 is 35.7 Å². The minimum atomic E-state index is -1.48. The molecule has 1 amide bonds. The van der Waals surface area contributed by atoms with E-state index in [0.717, 1.165) is 4.90 Å². The van der Waals surface area contributed by atoms with E-state index in [4.69, 9.17) is 9.47 Å². The number of hydrogen-bond donors (Lipinski definition) is 3. The lowest BCUT2D eigenvalue weighted by Gasteiger charge is -2.46. The van der Waals surface area contributed by atoms with Crippen molar-refractivity contribution in [3.05, 3.63) is 0 Å². The molecule has 7 heteroatoms. The summed E-state index contributed by atoms with van der Waals surface area (Å²) < 4.78 is 10.0. The first kappa shape index (κ1) is 16.2. The normalized spacial score (nSPS) is 35.9. The third-order valence-corrected chi connectivity index (χ3v) is 2.90. The Balaban J connectivity index is 2.88. The Kier molecular flexibility index (Phi) is 4.46. The summed E-state index contributed by atoms with van der Waals surface area (Å²) in [5.41, 5.74) is -2.17. The number of carbonyl (C=O) groups excluding carboxylic acids is 1. The van der Waals surface area contributed by atoms with Crippen LogP contribution in [0.5, 0.6) is 0 Å². The zero-order valence-corrected chi connectivity index (χ0v) is 12.0. The highest BCUT2D eigenvalue weighted by molar-refractivity contribution is 5.68. The molecule has 0 bridgehead atoms. The maximum atomic E-state index is 12.0. The van der Waals surface area contributed by atoms with Crippen LogP contribution in [0.1, 0.15) is 27.7 Å². The minimum Gasteiger partial charge on any atom is -0.444 e. The molecule has 0 spiro atoms. The van der Waals surface area contributed by atoms with Gasteiger partial charge >= 0.3 is 6.09 Å². The molecule has 3 N–H and O–H groups in total. The number of nitrogens with zero attached hydrogens (tertiary/aromatic N) is 1. The van der Waals surface area contributed by atoms with Crippen LogP contribution in [0.2, 0.25) is 0 Å². The number of amides is 1. The highest BCUT2D eigenvalue weighted by Gasteiger charge is 2.49. The second kappa shape index (κ2) is 5.24. The zero-order valence-electron chi connectivity index (χ0n) is 12.0. The number of hydrogen-bond acceptors (Lipinski definition) is 6. The second-order valence-electron chi connectivity index (χ2n) is 6.09. The number of carbonyl (C=O) groups is 1. The average Bonchev–Trinajstić information content (AvgIpc) is 2.21. The molecular weight excluding hydrogens is 254 g/mol. The molecule has 0 aromatic rings. The van der Waals surface area contributed by atoms with Gasteiger partial charge in [-0.25, -0.2) is 4.79 Å². The van der Waals surface area contributed by atoms with Crippen molar-refractivity contribution in [3.8, 4) is 0 Å². The third-order valence-electron chi connectivity index (χ3n) is 2.90. The highest BCUT2D eigenvalue weighted by atomic mass is 16.6. The predicted molar refractivity (Wildman–Crippen MR) is 66.4 cm³/mol. The van der Waals surface area contributed by atoms with Gasteiger partial charge in [-0.3, -0.25) is 0 Å². The molecule has 0 aliphatic carbocycles. The monoisotopic (exact) mass is 277 g/mol. The Labute approximate surface area is 112 Å². The number of likely N-dealkylation sites (N-methyl/N-ethyl adjacent to an activating group) is 1. The van der Waals surface area contributed by atoms with E-state index in [-0.39, 0.29) is 6.61 Å². The topological polar surface area (TPSA) is 99.5 Å². The van der Waals surface area contributed by atoms with Crippen LogP contribution in [-0.2, 0) is 9.47 Å². The maximum absolute atomic E-state index is 12.0.